The van der Waals surface area contributed by atoms with Crippen LogP contribution in [-0.2, 0) is 0 Å². The fourth-order valence-corrected chi connectivity index (χ4v) is 3.14. The summed E-state index contributed by atoms with van der Waals surface area (Å²) in [6.07, 6.45) is -4.28. The number of benzene rings is 1. The summed E-state index contributed by atoms with van der Waals surface area (Å²) in [6, 6.07) is 5.64. The summed E-state index contributed by atoms with van der Waals surface area (Å²) in [5.41, 5.74) is 1.71. The lowest BCUT2D eigenvalue weighted by Crippen LogP contribution is -2.49. The van der Waals surface area contributed by atoms with Gasteiger partial charge in [0, 0.05) is 48.3 Å². The van der Waals surface area contributed by atoms with E-state index in [1.54, 1.807) is 19.1 Å². The summed E-state index contributed by atoms with van der Waals surface area (Å²) in [7, 11) is 0. The van der Waals surface area contributed by atoms with Crippen LogP contribution in [0, 0.1) is 6.92 Å². The van der Waals surface area contributed by atoms with Crippen molar-refractivity contribution in [3.8, 4) is 0 Å². The number of aromatic amines is 1. The van der Waals surface area contributed by atoms with Crippen LogP contribution in [0.25, 0.3) is 10.9 Å². The molecule has 1 aliphatic rings. The molecule has 1 aromatic heterocycles. The maximum absolute atomic E-state index is 13.7. The minimum atomic E-state index is -4.28. The van der Waals surface area contributed by atoms with E-state index in [0.29, 0.717) is 42.8 Å². The van der Waals surface area contributed by atoms with Crippen molar-refractivity contribution in [1.29, 1.82) is 0 Å². The monoisotopic (exact) mass is 369 g/mol. The summed E-state index contributed by atoms with van der Waals surface area (Å²) in [5, 5.41) is 3.76. The standard InChI is InChI=1S/C15H18F3N3.2ClH/c1-10-13(11-4-2-3-5-12(11)20-10)14(15(16,17)18)21-8-6-19-7-9-21;;/h2-5,14,19-20H,6-9H2,1H3;2*1H/t14-;;/m0../s1. The molecule has 23 heavy (non-hydrogen) atoms. The smallest absolute Gasteiger partial charge is 0.358 e. The van der Waals surface area contributed by atoms with Gasteiger partial charge in [-0.2, -0.15) is 13.2 Å². The van der Waals surface area contributed by atoms with E-state index in [4.69, 9.17) is 0 Å². The van der Waals surface area contributed by atoms with Crippen LogP contribution >= 0.6 is 24.8 Å². The molecule has 1 aromatic carbocycles. The van der Waals surface area contributed by atoms with Crippen molar-refractivity contribution in [3.63, 3.8) is 0 Å². The molecule has 8 heteroatoms. The lowest BCUT2D eigenvalue weighted by atomic mass is 10.0. The molecule has 2 N–H and O–H groups in total. The number of para-hydroxylation sites is 1. The Hall–Kier alpha value is -0.950. The first kappa shape index (κ1) is 20.1. The molecule has 0 aliphatic carbocycles. The molecule has 1 fully saturated rings. The maximum atomic E-state index is 13.7. The molecule has 2 heterocycles. The third-order valence-corrected chi connectivity index (χ3v) is 4.04. The normalized spacial score (nSPS) is 17.4. The number of piperazine rings is 1. The number of H-pyrrole nitrogens is 1. The zero-order valence-corrected chi connectivity index (χ0v) is 14.2. The summed E-state index contributed by atoms with van der Waals surface area (Å²) in [6.45, 7) is 3.71. The summed E-state index contributed by atoms with van der Waals surface area (Å²) >= 11 is 0. The van der Waals surface area contributed by atoms with E-state index >= 15 is 0 Å². The number of aryl methyl sites for hydroxylation is 1. The highest BCUT2D eigenvalue weighted by atomic mass is 35.5. The molecular formula is C15H20Cl2F3N3. The largest absolute Gasteiger partial charge is 0.408 e. The molecule has 0 unspecified atom stereocenters. The third-order valence-electron chi connectivity index (χ3n) is 4.04. The Kier molecular flexibility index (Phi) is 6.77. The van der Waals surface area contributed by atoms with E-state index in [9.17, 15) is 13.2 Å². The van der Waals surface area contributed by atoms with Crippen LogP contribution in [-0.4, -0.2) is 42.2 Å². The van der Waals surface area contributed by atoms with Gasteiger partial charge in [-0.1, -0.05) is 18.2 Å². The second-order valence-corrected chi connectivity index (χ2v) is 5.44. The number of rotatable bonds is 2. The molecular weight excluding hydrogens is 350 g/mol. The van der Waals surface area contributed by atoms with Crippen LogP contribution in [0.2, 0.25) is 0 Å². The highest BCUT2D eigenvalue weighted by Gasteiger charge is 2.46. The van der Waals surface area contributed by atoms with Crippen LogP contribution in [0.3, 0.4) is 0 Å². The zero-order valence-electron chi connectivity index (χ0n) is 12.6. The predicted octanol–water partition coefficient (Wildman–Crippen LogP) is 3.83. The molecule has 1 atom stereocenters. The Morgan fingerprint density at radius 1 is 1.09 bits per heavy atom. The molecule has 130 valence electrons. The Labute approximate surface area is 145 Å². The SMILES string of the molecule is Cc1[nH]c2ccccc2c1[C@H](N1CCNCC1)C(F)(F)F.Cl.Cl. The Bertz CT molecular complexity index is 636. The first-order valence-corrected chi connectivity index (χ1v) is 7.07. The molecule has 1 saturated heterocycles. The number of nitrogens with zero attached hydrogens (tertiary/aromatic N) is 1. The first-order valence-electron chi connectivity index (χ1n) is 7.07. The molecule has 0 radical (unpaired) electrons. The van der Waals surface area contributed by atoms with Crippen molar-refractivity contribution in [2.75, 3.05) is 26.2 Å². The Balaban J connectivity index is 0.00000132. The van der Waals surface area contributed by atoms with Crippen molar-refractivity contribution < 1.29 is 13.2 Å². The maximum Gasteiger partial charge on any atom is 0.408 e. The highest BCUT2D eigenvalue weighted by molar-refractivity contribution is 5.86. The van der Waals surface area contributed by atoms with Gasteiger partial charge in [-0.3, -0.25) is 4.90 Å². The van der Waals surface area contributed by atoms with Crippen molar-refractivity contribution in [2.24, 2.45) is 0 Å². The second-order valence-electron chi connectivity index (χ2n) is 5.44. The number of alkyl halides is 3. The van der Waals surface area contributed by atoms with E-state index < -0.39 is 12.2 Å². The van der Waals surface area contributed by atoms with Gasteiger partial charge in [-0.05, 0) is 13.0 Å². The fourth-order valence-electron chi connectivity index (χ4n) is 3.14. The predicted molar refractivity (Wildman–Crippen MR) is 90.8 cm³/mol. The molecule has 3 nitrogen and oxygen atoms in total. The van der Waals surface area contributed by atoms with Crippen LogP contribution in [0.1, 0.15) is 17.3 Å². The summed E-state index contributed by atoms with van der Waals surface area (Å²) < 4.78 is 41.1. The van der Waals surface area contributed by atoms with Crippen molar-refractivity contribution >= 4 is 35.7 Å². The van der Waals surface area contributed by atoms with Gasteiger partial charge in [0.1, 0.15) is 6.04 Å². The van der Waals surface area contributed by atoms with Gasteiger partial charge in [-0.15, -0.1) is 24.8 Å². The van der Waals surface area contributed by atoms with Gasteiger partial charge in [-0.25, -0.2) is 0 Å². The van der Waals surface area contributed by atoms with Crippen molar-refractivity contribution in [3.05, 3.63) is 35.5 Å². The average Bonchev–Trinajstić information content (AvgIpc) is 2.76. The first-order chi connectivity index (χ1) is 9.98. The van der Waals surface area contributed by atoms with Crippen LogP contribution in [0.4, 0.5) is 13.2 Å². The lowest BCUT2D eigenvalue weighted by molar-refractivity contribution is -0.187. The van der Waals surface area contributed by atoms with Gasteiger partial charge in [0.05, 0.1) is 0 Å². The molecule has 0 bridgehead atoms. The quantitative estimate of drug-likeness (QED) is 0.842. The number of nitrogens with one attached hydrogen (secondary N) is 2. The summed E-state index contributed by atoms with van der Waals surface area (Å²) in [4.78, 5) is 4.60. The second kappa shape index (κ2) is 7.75. The minimum absolute atomic E-state index is 0. The molecule has 3 rings (SSSR count). The van der Waals surface area contributed by atoms with Crippen molar-refractivity contribution in [1.82, 2.24) is 15.2 Å². The molecule has 2 aromatic rings. The van der Waals surface area contributed by atoms with Crippen LogP contribution in [0.5, 0.6) is 0 Å². The van der Waals surface area contributed by atoms with Crippen LogP contribution in [0.15, 0.2) is 24.3 Å². The number of hydrogen-bond donors (Lipinski definition) is 2. The van der Waals surface area contributed by atoms with E-state index in [0.717, 1.165) is 5.52 Å². The van der Waals surface area contributed by atoms with Gasteiger partial charge < -0.3 is 10.3 Å². The van der Waals surface area contributed by atoms with Gasteiger partial charge in [0.2, 0.25) is 0 Å². The highest BCUT2D eigenvalue weighted by Crippen LogP contribution is 2.42. The Morgan fingerprint density at radius 2 is 1.70 bits per heavy atom. The van der Waals surface area contributed by atoms with Gasteiger partial charge in [0.25, 0.3) is 0 Å². The topological polar surface area (TPSA) is 31.1 Å². The zero-order chi connectivity index (χ0) is 15.0. The number of fused-ring (bicyclic) bond motifs is 1. The average molecular weight is 370 g/mol. The van der Waals surface area contributed by atoms with E-state index in [1.807, 2.05) is 12.1 Å². The van der Waals surface area contributed by atoms with E-state index in [-0.39, 0.29) is 24.8 Å². The Morgan fingerprint density at radius 3 is 2.30 bits per heavy atom. The van der Waals surface area contributed by atoms with Crippen LogP contribution < -0.4 is 5.32 Å². The number of hydrogen-bond acceptors (Lipinski definition) is 2. The minimum Gasteiger partial charge on any atom is -0.358 e. The van der Waals surface area contributed by atoms with Crippen molar-refractivity contribution in [2.45, 2.75) is 19.1 Å². The molecule has 0 amide bonds. The lowest BCUT2D eigenvalue weighted by Gasteiger charge is -2.36. The fraction of sp³-hybridized carbons (Fsp3) is 0.467. The molecule has 0 spiro atoms. The third kappa shape index (κ3) is 3.94. The summed E-state index contributed by atoms with van der Waals surface area (Å²) in [5.74, 6) is 0. The van der Waals surface area contributed by atoms with Gasteiger partial charge in [0.15, 0.2) is 0 Å². The number of halogens is 5. The van der Waals surface area contributed by atoms with E-state index in [2.05, 4.69) is 10.3 Å². The molecule has 1 aliphatic heterocycles. The van der Waals surface area contributed by atoms with Gasteiger partial charge >= 0.3 is 6.18 Å². The molecule has 0 saturated carbocycles. The van der Waals surface area contributed by atoms with E-state index in [1.165, 1.54) is 4.90 Å². The number of aromatic nitrogens is 1.